The topological polar surface area (TPSA) is 131 Å². The smallest absolute Gasteiger partial charge is 0.329 e. The van der Waals surface area contributed by atoms with Crippen LogP contribution >= 0.6 is 0 Å². The molecular weight excluding hydrogens is 328 g/mol. The van der Waals surface area contributed by atoms with Crippen molar-refractivity contribution in [1.82, 2.24) is 5.32 Å². The standard InChI is InChI=1S/C12H23NO6.C5H13N/c1-3-12(2,4-6-14)19-7-5-13-10(15)8-18-9-11(16)17;1-5(2)3-4-6/h14H,3-9H2,1-2H3,(H,13,15)(H,16,17);5H,3-4,6H2,1-2H3. The normalized spacial score (nSPS) is 12.9. The lowest BCUT2D eigenvalue weighted by atomic mass is 9.99. The first-order chi connectivity index (χ1) is 11.7. The molecule has 0 spiro atoms. The molecule has 1 amide bonds. The average molecular weight is 364 g/mol. The van der Waals surface area contributed by atoms with Crippen LogP contribution in [-0.4, -0.2) is 67.2 Å². The molecule has 0 rings (SSSR count). The predicted octanol–water partition coefficient (Wildman–Crippen LogP) is 0.763. The average Bonchev–Trinajstić information content (AvgIpc) is 2.52. The van der Waals surface area contributed by atoms with E-state index in [4.69, 9.17) is 20.7 Å². The van der Waals surface area contributed by atoms with Gasteiger partial charge in [0.1, 0.15) is 13.2 Å². The molecule has 0 bridgehead atoms. The number of ether oxygens (including phenoxy) is 2. The monoisotopic (exact) mass is 364 g/mol. The van der Waals surface area contributed by atoms with E-state index in [9.17, 15) is 9.59 Å². The van der Waals surface area contributed by atoms with E-state index in [0.717, 1.165) is 25.3 Å². The lowest BCUT2D eigenvalue weighted by molar-refractivity contribution is -0.143. The van der Waals surface area contributed by atoms with Gasteiger partial charge in [0.25, 0.3) is 0 Å². The number of carboxylic acid groups (broad SMARTS) is 1. The molecule has 0 aromatic heterocycles. The molecule has 25 heavy (non-hydrogen) atoms. The molecule has 0 heterocycles. The van der Waals surface area contributed by atoms with Gasteiger partial charge in [-0.15, -0.1) is 0 Å². The molecule has 150 valence electrons. The first-order valence-electron chi connectivity index (χ1n) is 8.71. The number of amides is 1. The van der Waals surface area contributed by atoms with Crippen LogP contribution in [0.3, 0.4) is 0 Å². The highest BCUT2D eigenvalue weighted by Gasteiger charge is 2.21. The summed E-state index contributed by atoms with van der Waals surface area (Å²) in [6.45, 7) is 8.97. The molecule has 1 atom stereocenters. The Morgan fingerprint density at radius 1 is 1.28 bits per heavy atom. The molecule has 0 saturated carbocycles. The summed E-state index contributed by atoms with van der Waals surface area (Å²) in [5.41, 5.74) is 4.84. The Morgan fingerprint density at radius 2 is 1.92 bits per heavy atom. The molecule has 8 nitrogen and oxygen atoms in total. The minimum absolute atomic E-state index is 0.0553. The van der Waals surface area contributed by atoms with Crippen molar-refractivity contribution >= 4 is 11.9 Å². The molecule has 0 aliphatic rings. The number of rotatable bonds is 13. The van der Waals surface area contributed by atoms with Crippen molar-refractivity contribution in [3.63, 3.8) is 0 Å². The zero-order valence-corrected chi connectivity index (χ0v) is 16.0. The number of aliphatic hydroxyl groups excluding tert-OH is 1. The summed E-state index contributed by atoms with van der Waals surface area (Å²) in [6, 6.07) is 0. The van der Waals surface area contributed by atoms with Crippen LogP contribution in [0, 0.1) is 5.92 Å². The van der Waals surface area contributed by atoms with Gasteiger partial charge in [0.2, 0.25) is 5.91 Å². The fourth-order valence-electron chi connectivity index (χ4n) is 1.69. The van der Waals surface area contributed by atoms with Gasteiger partial charge >= 0.3 is 5.97 Å². The van der Waals surface area contributed by atoms with E-state index in [1.54, 1.807) is 0 Å². The number of carbonyl (C=O) groups is 2. The second-order valence-electron chi connectivity index (χ2n) is 6.33. The third-order valence-corrected chi connectivity index (χ3v) is 3.47. The van der Waals surface area contributed by atoms with Crippen LogP contribution in [0.2, 0.25) is 0 Å². The Balaban J connectivity index is 0. The number of carboxylic acids is 1. The number of hydrogen-bond donors (Lipinski definition) is 4. The van der Waals surface area contributed by atoms with Gasteiger partial charge in [-0.3, -0.25) is 4.79 Å². The van der Waals surface area contributed by atoms with Crippen molar-refractivity contribution in [1.29, 1.82) is 0 Å². The number of carbonyl (C=O) groups excluding carboxylic acids is 1. The summed E-state index contributed by atoms with van der Waals surface area (Å²) in [7, 11) is 0. The maximum absolute atomic E-state index is 11.2. The number of nitrogens with one attached hydrogen (secondary N) is 1. The third-order valence-electron chi connectivity index (χ3n) is 3.47. The Hall–Kier alpha value is -1.22. The van der Waals surface area contributed by atoms with Gasteiger partial charge in [0.15, 0.2) is 0 Å². The zero-order valence-electron chi connectivity index (χ0n) is 16.0. The zero-order chi connectivity index (χ0) is 19.7. The summed E-state index contributed by atoms with van der Waals surface area (Å²) >= 11 is 0. The van der Waals surface area contributed by atoms with Crippen LogP contribution in [-0.2, 0) is 19.1 Å². The van der Waals surface area contributed by atoms with Crippen molar-refractivity contribution in [2.24, 2.45) is 11.7 Å². The van der Waals surface area contributed by atoms with E-state index in [-0.39, 0.29) is 24.7 Å². The maximum atomic E-state index is 11.2. The van der Waals surface area contributed by atoms with Crippen LogP contribution in [0.5, 0.6) is 0 Å². The van der Waals surface area contributed by atoms with Gasteiger partial charge < -0.3 is 30.7 Å². The van der Waals surface area contributed by atoms with Gasteiger partial charge in [-0.2, -0.15) is 0 Å². The van der Waals surface area contributed by atoms with Gasteiger partial charge in [-0.1, -0.05) is 20.8 Å². The molecule has 0 aliphatic heterocycles. The highest BCUT2D eigenvalue weighted by molar-refractivity contribution is 5.77. The van der Waals surface area contributed by atoms with Crippen LogP contribution in [0.4, 0.5) is 0 Å². The van der Waals surface area contributed by atoms with Gasteiger partial charge in [-0.25, -0.2) is 4.79 Å². The first kappa shape index (κ1) is 26.0. The molecule has 0 aliphatic carbocycles. The second-order valence-corrected chi connectivity index (χ2v) is 6.33. The van der Waals surface area contributed by atoms with E-state index in [1.807, 2.05) is 13.8 Å². The molecule has 0 radical (unpaired) electrons. The van der Waals surface area contributed by atoms with Crippen LogP contribution in [0.25, 0.3) is 0 Å². The third kappa shape index (κ3) is 19.0. The van der Waals surface area contributed by atoms with Crippen LogP contribution in [0.1, 0.15) is 47.0 Å². The minimum atomic E-state index is -1.11. The molecule has 0 saturated heterocycles. The Labute approximate surface area is 151 Å². The van der Waals surface area contributed by atoms with Crippen LogP contribution in [0.15, 0.2) is 0 Å². The van der Waals surface area contributed by atoms with E-state index < -0.39 is 12.6 Å². The molecule has 0 aromatic carbocycles. The highest BCUT2D eigenvalue weighted by atomic mass is 16.5. The van der Waals surface area contributed by atoms with E-state index in [2.05, 4.69) is 23.9 Å². The van der Waals surface area contributed by atoms with Crippen molar-refractivity contribution in [2.75, 3.05) is 39.5 Å². The fraction of sp³-hybridized carbons (Fsp3) is 0.882. The summed E-state index contributed by atoms with van der Waals surface area (Å²) in [4.78, 5) is 21.4. The summed E-state index contributed by atoms with van der Waals surface area (Å²) in [5, 5.41) is 19.8. The number of nitrogens with two attached hydrogens (primary N) is 1. The Morgan fingerprint density at radius 3 is 2.32 bits per heavy atom. The minimum Gasteiger partial charge on any atom is -0.480 e. The van der Waals surface area contributed by atoms with Crippen LogP contribution < -0.4 is 11.1 Å². The number of aliphatic carboxylic acids is 1. The molecule has 1 unspecified atom stereocenters. The Kier molecular flexibility index (Phi) is 16.9. The molecule has 5 N–H and O–H groups in total. The highest BCUT2D eigenvalue weighted by Crippen LogP contribution is 2.18. The van der Waals surface area contributed by atoms with Crippen molar-refractivity contribution in [2.45, 2.75) is 52.6 Å². The summed E-state index contributed by atoms with van der Waals surface area (Å²) < 4.78 is 10.2. The lowest BCUT2D eigenvalue weighted by Gasteiger charge is -2.28. The second kappa shape index (κ2) is 16.3. The SMILES string of the molecule is CC(C)CCN.CCC(C)(CCO)OCCNC(=O)COCC(=O)O. The molecule has 8 heteroatoms. The Bertz CT molecular complexity index is 352. The largest absolute Gasteiger partial charge is 0.480 e. The van der Waals surface area contributed by atoms with Crippen molar-refractivity contribution < 1.29 is 29.3 Å². The molecular formula is C17H36N2O6. The summed E-state index contributed by atoms with van der Waals surface area (Å²) in [6.07, 6.45) is 2.46. The quantitative estimate of drug-likeness (QED) is 0.355. The fourth-order valence-corrected chi connectivity index (χ4v) is 1.69. The first-order valence-corrected chi connectivity index (χ1v) is 8.71. The van der Waals surface area contributed by atoms with E-state index in [1.165, 1.54) is 0 Å². The van der Waals surface area contributed by atoms with Crippen molar-refractivity contribution in [3.05, 3.63) is 0 Å². The van der Waals surface area contributed by atoms with Gasteiger partial charge in [0, 0.05) is 13.2 Å². The van der Waals surface area contributed by atoms with E-state index >= 15 is 0 Å². The predicted molar refractivity (Wildman–Crippen MR) is 96.3 cm³/mol. The number of aliphatic hydroxyl groups is 1. The summed E-state index contributed by atoms with van der Waals surface area (Å²) in [5.74, 6) is -0.723. The molecule has 0 aromatic rings. The maximum Gasteiger partial charge on any atom is 0.329 e. The van der Waals surface area contributed by atoms with Crippen molar-refractivity contribution in [3.8, 4) is 0 Å². The van der Waals surface area contributed by atoms with Gasteiger partial charge in [0.05, 0.1) is 12.2 Å². The number of hydrogen-bond acceptors (Lipinski definition) is 6. The molecule has 0 fully saturated rings. The van der Waals surface area contributed by atoms with E-state index in [0.29, 0.717) is 19.6 Å². The lowest BCUT2D eigenvalue weighted by Crippen LogP contribution is -2.35. The van der Waals surface area contributed by atoms with Gasteiger partial charge in [-0.05, 0) is 38.6 Å².